The maximum absolute atomic E-state index is 11.9. The summed E-state index contributed by atoms with van der Waals surface area (Å²) >= 11 is 0. The molecule has 0 heterocycles. The molecular weight excluding hydrogens is 246 g/mol. The highest BCUT2D eigenvalue weighted by atomic mass is 16.5. The molecule has 0 aliphatic carbocycles. The number of amides is 1. The molecule has 0 saturated heterocycles. The molecule has 0 radical (unpaired) electrons. The molecule has 1 unspecified atom stereocenters. The average molecular weight is 265 g/mol. The van der Waals surface area contributed by atoms with Gasteiger partial charge < -0.3 is 15.2 Å². The van der Waals surface area contributed by atoms with Gasteiger partial charge in [-0.3, -0.25) is 4.79 Å². The molecule has 0 aliphatic rings. The first kappa shape index (κ1) is 15.2. The number of nitrogens with one attached hydrogen (secondary N) is 1. The highest BCUT2D eigenvalue weighted by Crippen LogP contribution is 2.06. The summed E-state index contributed by atoms with van der Waals surface area (Å²) in [4.78, 5) is 23.4. The first-order valence-electron chi connectivity index (χ1n) is 6.15. The number of hydrogen-bond acceptors (Lipinski definition) is 4. The topological polar surface area (TPSA) is 75.6 Å². The van der Waals surface area contributed by atoms with Crippen LogP contribution in [0.3, 0.4) is 0 Å². The van der Waals surface area contributed by atoms with Crippen LogP contribution in [0.2, 0.25) is 0 Å². The van der Waals surface area contributed by atoms with E-state index in [0.717, 1.165) is 12.0 Å². The number of benzene rings is 1. The van der Waals surface area contributed by atoms with Crippen LogP contribution in [0.4, 0.5) is 0 Å². The maximum Gasteiger partial charge on any atom is 0.331 e. The number of hydrogen-bond donors (Lipinski definition) is 2. The Morgan fingerprint density at radius 1 is 1.32 bits per heavy atom. The quantitative estimate of drug-likeness (QED) is 0.776. The molecule has 0 spiro atoms. The fraction of sp³-hybridized carbons (Fsp3) is 0.429. The molecule has 5 heteroatoms. The summed E-state index contributed by atoms with van der Waals surface area (Å²) in [6.45, 7) is 3.44. The molecule has 1 rings (SSSR count). The normalized spacial score (nSPS) is 13.5. The van der Waals surface area contributed by atoms with Crippen LogP contribution in [-0.4, -0.2) is 36.2 Å². The van der Waals surface area contributed by atoms with E-state index in [9.17, 15) is 14.7 Å². The third-order valence-corrected chi connectivity index (χ3v) is 2.85. The minimum atomic E-state index is -1.07. The van der Waals surface area contributed by atoms with Crippen molar-refractivity contribution < 1.29 is 19.4 Å². The van der Waals surface area contributed by atoms with Gasteiger partial charge in [0, 0.05) is 5.56 Å². The zero-order valence-corrected chi connectivity index (χ0v) is 11.3. The van der Waals surface area contributed by atoms with E-state index in [4.69, 9.17) is 0 Å². The number of carbonyl (C=O) groups is 2. The summed E-state index contributed by atoms with van der Waals surface area (Å²) in [5.74, 6) is -1.09. The van der Waals surface area contributed by atoms with Crippen LogP contribution in [0.25, 0.3) is 0 Å². The van der Waals surface area contributed by atoms with E-state index < -0.39 is 24.0 Å². The molecular formula is C14H19NO4. The summed E-state index contributed by atoms with van der Waals surface area (Å²) in [5, 5.41) is 11.9. The van der Waals surface area contributed by atoms with Crippen LogP contribution in [0, 0.1) is 0 Å². The lowest BCUT2D eigenvalue weighted by Crippen LogP contribution is -2.48. The molecule has 0 saturated carbocycles. The third kappa shape index (κ3) is 4.06. The Kier molecular flexibility index (Phi) is 5.51. The van der Waals surface area contributed by atoms with E-state index in [1.54, 1.807) is 12.1 Å². The molecule has 0 aliphatic heterocycles. The lowest BCUT2D eigenvalue weighted by Gasteiger charge is -2.18. The molecule has 1 aromatic carbocycles. The minimum Gasteiger partial charge on any atom is -0.467 e. The molecule has 2 N–H and O–H groups in total. The second-order valence-electron chi connectivity index (χ2n) is 4.27. The third-order valence-electron chi connectivity index (χ3n) is 2.85. The van der Waals surface area contributed by atoms with Crippen molar-refractivity contribution in [1.29, 1.82) is 0 Å². The van der Waals surface area contributed by atoms with Gasteiger partial charge in [0.2, 0.25) is 0 Å². The predicted molar refractivity (Wildman–Crippen MR) is 70.8 cm³/mol. The highest BCUT2D eigenvalue weighted by molar-refractivity contribution is 5.96. The first-order valence-corrected chi connectivity index (χ1v) is 6.15. The number of rotatable bonds is 5. The van der Waals surface area contributed by atoms with Crippen molar-refractivity contribution in [2.24, 2.45) is 0 Å². The standard InChI is InChI=1S/C14H19NO4/c1-4-10-5-7-11(8-6-10)13(17)15-12(9(2)16)14(18)19-3/h5-9,12,16H,4H2,1-3H3,(H,15,17)/t9?,12-/m0/s1. The van der Waals surface area contributed by atoms with E-state index in [1.165, 1.54) is 14.0 Å². The van der Waals surface area contributed by atoms with Gasteiger partial charge in [0.1, 0.15) is 0 Å². The Bertz CT molecular complexity index is 439. The smallest absolute Gasteiger partial charge is 0.331 e. The summed E-state index contributed by atoms with van der Waals surface area (Å²) in [7, 11) is 1.21. The zero-order valence-electron chi connectivity index (χ0n) is 11.3. The summed E-state index contributed by atoms with van der Waals surface area (Å²) in [6.07, 6.45) is -0.133. The van der Waals surface area contributed by atoms with Gasteiger partial charge in [-0.2, -0.15) is 0 Å². The van der Waals surface area contributed by atoms with Crippen LogP contribution >= 0.6 is 0 Å². The van der Waals surface area contributed by atoms with Crippen LogP contribution in [0.15, 0.2) is 24.3 Å². The van der Waals surface area contributed by atoms with E-state index in [0.29, 0.717) is 5.56 Å². The Labute approximate surface area is 112 Å². The largest absolute Gasteiger partial charge is 0.467 e. The van der Waals surface area contributed by atoms with Crippen molar-refractivity contribution in [3.05, 3.63) is 35.4 Å². The van der Waals surface area contributed by atoms with Crippen molar-refractivity contribution in [2.75, 3.05) is 7.11 Å². The fourth-order valence-electron chi connectivity index (χ4n) is 1.62. The second-order valence-corrected chi connectivity index (χ2v) is 4.27. The SMILES string of the molecule is CCc1ccc(C(=O)N[C@H](C(=O)OC)C(C)O)cc1. The van der Waals surface area contributed by atoms with Crippen molar-refractivity contribution in [2.45, 2.75) is 32.4 Å². The number of aliphatic hydroxyl groups is 1. The Morgan fingerprint density at radius 2 is 1.89 bits per heavy atom. The fourth-order valence-corrected chi connectivity index (χ4v) is 1.62. The van der Waals surface area contributed by atoms with Gasteiger partial charge in [-0.1, -0.05) is 19.1 Å². The van der Waals surface area contributed by atoms with Gasteiger partial charge in [-0.05, 0) is 31.0 Å². The van der Waals surface area contributed by atoms with Crippen molar-refractivity contribution in [1.82, 2.24) is 5.32 Å². The molecule has 1 amide bonds. The number of aliphatic hydroxyl groups excluding tert-OH is 1. The average Bonchev–Trinajstić information content (AvgIpc) is 2.43. The van der Waals surface area contributed by atoms with E-state index in [2.05, 4.69) is 10.1 Å². The molecule has 104 valence electrons. The molecule has 0 bridgehead atoms. The first-order chi connectivity index (χ1) is 8.99. The van der Waals surface area contributed by atoms with E-state index >= 15 is 0 Å². The maximum atomic E-state index is 11.9. The molecule has 0 aromatic heterocycles. The second kappa shape index (κ2) is 6.89. The molecule has 19 heavy (non-hydrogen) atoms. The molecule has 2 atom stereocenters. The summed E-state index contributed by atoms with van der Waals surface area (Å²) < 4.78 is 4.53. The van der Waals surface area contributed by atoms with E-state index in [-0.39, 0.29) is 0 Å². The number of esters is 1. The molecule has 5 nitrogen and oxygen atoms in total. The minimum absolute atomic E-state index is 0.418. The predicted octanol–water partition coefficient (Wildman–Crippen LogP) is 0.901. The monoisotopic (exact) mass is 265 g/mol. The number of methoxy groups -OCH3 is 1. The van der Waals surface area contributed by atoms with Crippen LogP contribution < -0.4 is 5.32 Å². The highest BCUT2D eigenvalue weighted by Gasteiger charge is 2.26. The lowest BCUT2D eigenvalue weighted by molar-refractivity contribution is -0.145. The number of carbonyl (C=O) groups excluding carboxylic acids is 2. The lowest BCUT2D eigenvalue weighted by atomic mass is 10.1. The van der Waals surface area contributed by atoms with Gasteiger partial charge in [0.05, 0.1) is 13.2 Å². The van der Waals surface area contributed by atoms with Crippen LogP contribution in [0.1, 0.15) is 29.8 Å². The van der Waals surface area contributed by atoms with Gasteiger partial charge in [-0.15, -0.1) is 0 Å². The van der Waals surface area contributed by atoms with Gasteiger partial charge in [0.15, 0.2) is 6.04 Å². The number of aryl methyl sites for hydroxylation is 1. The van der Waals surface area contributed by atoms with Crippen LogP contribution in [-0.2, 0) is 16.0 Å². The summed E-state index contributed by atoms with van der Waals surface area (Å²) in [5.41, 5.74) is 1.56. The van der Waals surface area contributed by atoms with Gasteiger partial charge >= 0.3 is 5.97 Å². The molecule has 1 aromatic rings. The van der Waals surface area contributed by atoms with Crippen molar-refractivity contribution in [3.63, 3.8) is 0 Å². The zero-order chi connectivity index (χ0) is 14.4. The Balaban J connectivity index is 2.78. The Morgan fingerprint density at radius 3 is 2.32 bits per heavy atom. The van der Waals surface area contributed by atoms with Crippen molar-refractivity contribution >= 4 is 11.9 Å². The van der Waals surface area contributed by atoms with Crippen LogP contribution in [0.5, 0.6) is 0 Å². The molecule has 0 fully saturated rings. The van der Waals surface area contributed by atoms with Gasteiger partial charge in [-0.25, -0.2) is 4.79 Å². The van der Waals surface area contributed by atoms with E-state index in [1.807, 2.05) is 19.1 Å². The Hall–Kier alpha value is -1.88. The van der Waals surface area contributed by atoms with Crippen molar-refractivity contribution in [3.8, 4) is 0 Å². The van der Waals surface area contributed by atoms with Gasteiger partial charge in [0.25, 0.3) is 5.91 Å². The summed E-state index contributed by atoms with van der Waals surface area (Å²) in [6, 6.07) is 6.01. The number of ether oxygens (including phenoxy) is 1.